The van der Waals surface area contributed by atoms with Gasteiger partial charge in [-0.2, -0.15) is 14.0 Å². The number of anilines is 1. The molecule has 8 heteroatoms. The molecule has 0 aliphatic rings. The number of Topliss-reactive ketones (excluding diaryl/α,β-unsaturated/α-hetero) is 1. The average Bonchev–Trinajstić information content (AvgIpc) is 3.04. The van der Waals surface area contributed by atoms with Gasteiger partial charge in [-0.05, 0) is 30.3 Å². The highest BCUT2D eigenvalue weighted by Crippen LogP contribution is 2.17. The smallest absolute Gasteiger partial charge is 0.250 e. The number of benzene rings is 1. The number of hydrogen-bond donors (Lipinski definition) is 1. The zero-order valence-corrected chi connectivity index (χ0v) is 12.4. The molecule has 112 valence electrons. The minimum Gasteiger partial charge on any atom is -0.309 e. The first-order chi connectivity index (χ1) is 11.2. The van der Waals surface area contributed by atoms with Crippen molar-refractivity contribution in [1.29, 1.82) is 5.26 Å². The third-order valence-corrected chi connectivity index (χ3v) is 3.66. The van der Waals surface area contributed by atoms with Gasteiger partial charge in [-0.3, -0.25) is 9.59 Å². The Bertz CT molecular complexity index is 916. The lowest BCUT2D eigenvalue weighted by molar-refractivity contribution is -0.117. The van der Waals surface area contributed by atoms with E-state index in [1.807, 2.05) is 0 Å². The summed E-state index contributed by atoms with van der Waals surface area (Å²) in [6.07, 6.45) is 1.50. The van der Waals surface area contributed by atoms with Crippen LogP contribution in [0.15, 0.2) is 42.6 Å². The molecule has 1 aromatic carbocycles. The third kappa shape index (κ3) is 3.04. The van der Waals surface area contributed by atoms with Gasteiger partial charge in [0, 0.05) is 11.8 Å². The number of pyridine rings is 1. The average molecular weight is 323 g/mol. The largest absolute Gasteiger partial charge is 0.309 e. The zero-order chi connectivity index (χ0) is 16.2. The lowest BCUT2D eigenvalue weighted by Crippen LogP contribution is -2.29. The Morgan fingerprint density at radius 2 is 2.00 bits per heavy atom. The summed E-state index contributed by atoms with van der Waals surface area (Å²) < 4.78 is 8.09. The van der Waals surface area contributed by atoms with Gasteiger partial charge in [0.1, 0.15) is 16.9 Å². The highest BCUT2D eigenvalue weighted by molar-refractivity contribution is 7.00. The van der Waals surface area contributed by atoms with Gasteiger partial charge in [-0.25, -0.2) is 4.98 Å². The van der Waals surface area contributed by atoms with Crippen molar-refractivity contribution in [1.82, 2.24) is 13.7 Å². The monoisotopic (exact) mass is 323 g/mol. The Kier molecular flexibility index (Phi) is 4.03. The second kappa shape index (κ2) is 6.29. The first-order valence-corrected chi connectivity index (χ1v) is 7.30. The third-order valence-electron chi connectivity index (χ3n) is 3.11. The molecule has 0 unspecified atom stereocenters. The van der Waals surface area contributed by atoms with Gasteiger partial charge in [-0.1, -0.05) is 6.07 Å². The molecule has 2 aromatic heterocycles. The topological polar surface area (TPSA) is 109 Å². The van der Waals surface area contributed by atoms with Gasteiger partial charge in [0.15, 0.2) is 11.7 Å². The Morgan fingerprint density at radius 1 is 1.17 bits per heavy atom. The lowest BCUT2D eigenvalue weighted by Gasteiger charge is -2.09. The standard InChI is InChI=1S/C15H9N5O2S/c16-8-10(15(22)18-13-3-1-2-6-17-13)14(21)9-4-5-11-12(7-9)20-23-19-11/h1-7,10H,(H,17,18,22)/t10-/m0/s1. The number of ketones is 1. The fourth-order valence-electron chi connectivity index (χ4n) is 1.97. The fourth-order valence-corrected chi connectivity index (χ4v) is 2.49. The number of amides is 1. The minimum absolute atomic E-state index is 0.243. The maximum absolute atomic E-state index is 12.4. The van der Waals surface area contributed by atoms with Crippen molar-refractivity contribution in [3.63, 3.8) is 0 Å². The van der Waals surface area contributed by atoms with Gasteiger partial charge in [-0.15, -0.1) is 0 Å². The molecule has 0 aliphatic carbocycles. The van der Waals surface area contributed by atoms with Crippen LogP contribution in [-0.4, -0.2) is 25.4 Å². The Hall–Kier alpha value is -3.18. The number of nitrogens with zero attached hydrogens (tertiary/aromatic N) is 4. The molecule has 1 atom stereocenters. The van der Waals surface area contributed by atoms with E-state index < -0.39 is 17.6 Å². The molecular weight excluding hydrogens is 314 g/mol. The quantitative estimate of drug-likeness (QED) is 0.581. The number of carbonyl (C=O) groups is 2. The van der Waals surface area contributed by atoms with Crippen molar-refractivity contribution in [3.05, 3.63) is 48.2 Å². The molecule has 2 heterocycles. The molecule has 0 aliphatic heterocycles. The zero-order valence-electron chi connectivity index (χ0n) is 11.6. The van der Waals surface area contributed by atoms with Gasteiger partial charge in [0.2, 0.25) is 0 Å². The number of nitrogens with one attached hydrogen (secondary N) is 1. The maximum atomic E-state index is 12.4. The number of rotatable bonds is 4. The maximum Gasteiger partial charge on any atom is 0.250 e. The number of nitriles is 1. The molecule has 7 nitrogen and oxygen atoms in total. The highest BCUT2D eigenvalue weighted by Gasteiger charge is 2.28. The summed E-state index contributed by atoms with van der Waals surface area (Å²) in [5, 5.41) is 11.7. The van der Waals surface area contributed by atoms with Crippen LogP contribution in [0.2, 0.25) is 0 Å². The molecule has 0 saturated heterocycles. The summed E-state index contributed by atoms with van der Waals surface area (Å²) in [7, 11) is 0. The summed E-state index contributed by atoms with van der Waals surface area (Å²) in [4.78, 5) is 28.5. The first kappa shape index (κ1) is 14.7. The number of carbonyl (C=O) groups excluding carboxylic acids is 2. The van der Waals surface area contributed by atoms with Crippen LogP contribution in [0.1, 0.15) is 10.4 Å². The van der Waals surface area contributed by atoms with Crippen LogP contribution in [0, 0.1) is 17.2 Å². The van der Waals surface area contributed by atoms with Gasteiger partial charge >= 0.3 is 0 Å². The Labute approximate surface area is 134 Å². The molecule has 0 saturated carbocycles. The molecule has 0 radical (unpaired) electrons. The van der Waals surface area contributed by atoms with E-state index in [-0.39, 0.29) is 11.4 Å². The van der Waals surface area contributed by atoms with E-state index in [0.29, 0.717) is 11.0 Å². The summed E-state index contributed by atoms with van der Waals surface area (Å²) in [6.45, 7) is 0. The van der Waals surface area contributed by atoms with Crippen LogP contribution in [-0.2, 0) is 4.79 Å². The van der Waals surface area contributed by atoms with Gasteiger partial charge in [0.25, 0.3) is 5.91 Å². The van der Waals surface area contributed by atoms with Gasteiger partial charge in [0.05, 0.1) is 17.8 Å². The second-order valence-electron chi connectivity index (χ2n) is 4.60. The van der Waals surface area contributed by atoms with Crippen LogP contribution in [0.25, 0.3) is 11.0 Å². The van der Waals surface area contributed by atoms with Crippen molar-refractivity contribution in [2.24, 2.45) is 5.92 Å². The normalized spacial score (nSPS) is 11.6. The number of aromatic nitrogens is 3. The van der Waals surface area contributed by atoms with E-state index in [4.69, 9.17) is 0 Å². The first-order valence-electron chi connectivity index (χ1n) is 6.57. The lowest BCUT2D eigenvalue weighted by atomic mass is 9.97. The van der Waals surface area contributed by atoms with E-state index in [1.54, 1.807) is 30.3 Å². The molecule has 23 heavy (non-hydrogen) atoms. The van der Waals surface area contributed by atoms with Crippen molar-refractivity contribution in [2.75, 3.05) is 5.32 Å². The Balaban J connectivity index is 1.83. The number of fused-ring (bicyclic) bond motifs is 1. The predicted octanol–water partition coefficient (Wildman–Crippen LogP) is 2.05. The van der Waals surface area contributed by atoms with Crippen LogP contribution >= 0.6 is 11.7 Å². The van der Waals surface area contributed by atoms with Gasteiger partial charge < -0.3 is 5.32 Å². The van der Waals surface area contributed by atoms with Crippen molar-refractivity contribution < 1.29 is 9.59 Å². The van der Waals surface area contributed by atoms with E-state index in [2.05, 4.69) is 19.0 Å². The van der Waals surface area contributed by atoms with Crippen LogP contribution in [0.5, 0.6) is 0 Å². The highest BCUT2D eigenvalue weighted by atomic mass is 32.1. The van der Waals surface area contributed by atoms with E-state index in [1.165, 1.54) is 18.3 Å². The van der Waals surface area contributed by atoms with Crippen LogP contribution in [0.3, 0.4) is 0 Å². The second-order valence-corrected chi connectivity index (χ2v) is 5.13. The summed E-state index contributed by atoms with van der Waals surface area (Å²) in [6, 6.07) is 11.4. The van der Waals surface area contributed by atoms with Crippen LogP contribution in [0.4, 0.5) is 5.82 Å². The molecule has 3 rings (SSSR count). The Morgan fingerprint density at radius 3 is 2.74 bits per heavy atom. The molecule has 3 aromatic rings. The predicted molar refractivity (Wildman–Crippen MR) is 83.7 cm³/mol. The molecule has 0 spiro atoms. The van der Waals surface area contributed by atoms with Crippen molar-refractivity contribution in [2.45, 2.75) is 0 Å². The molecule has 0 bridgehead atoms. The summed E-state index contributed by atoms with van der Waals surface area (Å²) in [5.74, 6) is -2.48. The summed E-state index contributed by atoms with van der Waals surface area (Å²) in [5.41, 5.74) is 1.47. The van der Waals surface area contributed by atoms with E-state index in [9.17, 15) is 14.9 Å². The van der Waals surface area contributed by atoms with Crippen LogP contribution < -0.4 is 5.32 Å². The molecule has 1 amide bonds. The van der Waals surface area contributed by atoms with E-state index in [0.717, 1.165) is 11.7 Å². The van der Waals surface area contributed by atoms with Crippen molar-refractivity contribution >= 4 is 40.3 Å². The molecule has 1 N–H and O–H groups in total. The molecular formula is C15H9N5O2S. The number of hydrogen-bond acceptors (Lipinski definition) is 7. The van der Waals surface area contributed by atoms with E-state index >= 15 is 0 Å². The molecule has 0 fully saturated rings. The summed E-state index contributed by atoms with van der Waals surface area (Å²) >= 11 is 1.03. The SMILES string of the molecule is N#C[C@H](C(=O)Nc1ccccn1)C(=O)c1ccc2nsnc2c1. The fraction of sp³-hybridized carbons (Fsp3) is 0.0667. The van der Waals surface area contributed by atoms with Crippen molar-refractivity contribution in [3.8, 4) is 6.07 Å². The minimum atomic E-state index is -1.46.